The SMILES string of the molecule is COC(=O)N[C@H](C(=O)NC[C@@H](O)C[C@H](Cc1ccc(-c2ccccn2)cc1)NC(=O)[C@@H](NC(=O)OCCc1ccccc1)C(C)(C)C)C(C)C(=O)OC. The molecule has 14 nitrogen and oxygen atoms in total. The van der Waals surface area contributed by atoms with Crippen molar-refractivity contribution < 1.29 is 43.3 Å². The molecule has 2 aromatic carbocycles. The van der Waals surface area contributed by atoms with E-state index in [4.69, 9.17) is 9.47 Å². The van der Waals surface area contributed by atoms with Crippen molar-refractivity contribution in [3.63, 3.8) is 0 Å². The van der Waals surface area contributed by atoms with E-state index in [0.29, 0.717) is 12.8 Å². The van der Waals surface area contributed by atoms with Gasteiger partial charge in [-0.3, -0.25) is 19.4 Å². The number of alkyl carbamates (subject to hydrolysis) is 2. The Labute approximate surface area is 310 Å². The van der Waals surface area contributed by atoms with Crippen LogP contribution >= 0.6 is 0 Å². The Balaban J connectivity index is 1.75. The summed E-state index contributed by atoms with van der Waals surface area (Å²) in [5.74, 6) is -3.04. The molecule has 53 heavy (non-hydrogen) atoms. The fraction of sp³-hybridized carbons (Fsp3) is 0.436. The summed E-state index contributed by atoms with van der Waals surface area (Å²) in [5, 5.41) is 21.7. The standard InChI is InChI=1S/C39H51N5O9/c1-25(36(48)51-5)32(43-37(49)52-6)34(46)41-24-30(45)23-29(22-27-15-17-28(18-16-27)31-14-10-11-20-40-31)42-35(47)33(39(2,3)4)44-38(50)53-21-19-26-12-8-7-9-13-26/h7-18,20,25,29-30,32-33,45H,19,21-24H2,1-6H3,(H,41,46)(H,42,47)(H,43,49)(H,44,50)/t25?,29-,30-,32-,33+/m0/s1. The summed E-state index contributed by atoms with van der Waals surface area (Å²) < 4.78 is 14.7. The second kappa shape index (κ2) is 20.5. The number of amides is 4. The van der Waals surface area contributed by atoms with Gasteiger partial charge in [0.1, 0.15) is 12.1 Å². The van der Waals surface area contributed by atoms with Gasteiger partial charge in [-0.25, -0.2) is 9.59 Å². The Morgan fingerprint density at radius 1 is 0.792 bits per heavy atom. The molecule has 0 aliphatic carbocycles. The van der Waals surface area contributed by atoms with E-state index in [0.717, 1.165) is 36.6 Å². The molecular formula is C39H51N5O9. The van der Waals surface area contributed by atoms with Crippen LogP contribution in [0.25, 0.3) is 11.3 Å². The molecule has 3 aromatic rings. The molecule has 0 saturated heterocycles. The van der Waals surface area contributed by atoms with Crippen LogP contribution in [-0.4, -0.2) is 91.7 Å². The average Bonchev–Trinajstić information content (AvgIpc) is 3.14. The quantitative estimate of drug-likeness (QED) is 0.101. The predicted molar refractivity (Wildman–Crippen MR) is 197 cm³/mol. The minimum Gasteiger partial charge on any atom is -0.469 e. The molecule has 14 heteroatoms. The van der Waals surface area contributed by atoms with Gasteiger partial charge in [-0.05, 0) is 48.4 Å². The second-order valence-corrected chi connectivity index (χ2v) is 13.7. The number of rotatable bonds is 17. The van der Waals surface area contributed by atoms with E-state index >= 15 is 0 Å². The number of carbonyl (C=O) groups excluding carboxylic acids is 5. The van der Waals surface area contributed by atoms with Crippen LogP contribution in [0.4, 0.5) is 9.59 Å². The third-order valence-corrected chi connectivity index (χ3v) is 8.48. The summed E-state index contributed by atoms with van der Waals surface area (Å²) in [6.07, 6.45) is -0.336. The number of hydrogen-bond acceptors (Lipinski definition) is 10. The number of aliphatic hydroxyl groups excluding tert-OH is 1. The summed E-state index contributed by atoms with van der Waals surface area (Å²) in [6, 6.07) is 19.8. The van der Waals surface area contributed by atoms with Crippen LogP contribution in [0.3, 0.4) is 0 Å². The molecule has 0 bridgehead atoms. The zero-order chi connectivity index (χ0) is 39.0. The van der Waals surface area contributed by atoms with Crippen molar-refractivity contribution in [1.82, 2.24) is 26.3 Å². The number of methoxy groups -OCH3 is 2. The van der Waals surface area contributed by atoms with Crippen molar-refractivity contribution in [2.75, 3.05) is 27.4 Å². The number of hydrogen-bond donors (Lipinski definition) is 5. The Hall–Kier alpha value is -5.50. The minimum absolute atomic E-state index is 0.00590. The molecule has 1 heterocycles. The highest BCUT2D eigenvalue weighted by molar-refractivity contribution is 5.90. The lowest BCUT2D eigenvalue weighted by Gasteiger charge is -2.32. The Morgan fingerprint density at radius 2 is 1.47 bits per heavy atom. The number of nitrogens with one attached hydrogen (secondary N) is 4. The van der Waals surface area contributed by atoms with Crippen molar-refractivity contribution in [2.45, 2.75) is 71.2 Å². The van der Waals surface area contributed by atoms with Gasteiger partial charge < -0.3 is 40.6 Å². The molecule has 5 atom stereocenters. The van der Waals surface area contributed by atoms with Crippen LogP contribution in [-0.2, 0) is 41.4 Å². The van der Waals surface area contributed by atoms with Crippen molar-refractivity contribution in [1.29, 1.82) is 0 Å². The zero-order valence-electron chi connectivity index (χ0n) is 31.1. The first-order valence-corrected chi connectivity index (χ1v) is 17.4. The van der Waals surface area contributed by atoms with Crippen LogP contribution in [0.15, 0.2) is 79.0 Å². The first-order valence-electron chi connectivity index (χ1n) is 17.4. The van der Waals surface area contributed by atoms with Gasteiger partial charge in [-0.15, -0.1) is 0 Å². The lowest BCUT2D eigenvalue weighted by atomic mass is 9.85. The fourth-order valence-electron chi connectivity index (χ4n) is 5.51. The van der Waals surface area contributed by atoms with Crippen LogP contribution in [0.2, 0.25) is 0 Å². The number of nitrogens with zero attached hydrogens (tertiary/aromatic N) is 1. The van der Waals surface area contributed by atoms with Gasteiger partial charge in [0.25, 0.3) is 0 Å². The summed E-state index contributed by atoms with van der Waals surface area (Å²) in [7, 11) is 2.27. The predicted octanol–water partition coefficient (Wildman–Crippen LogP) is 3.56. The molecule has 4 amide bonds. The van der Waals surface area contributed by atoms with Crippen molar-refractivity contribution in [3.05, 3.63) is 90.1 Å². The first kappa shape index (κ1) is 41.9. The molecule has 286 valence electrons. The zero-order valence-corrected chi connectivity index (χ0v) is 31.1. The number of aromatic nitrogens is 1. The van der Waals surface area contributed by atoms with Gasteiger partial charge in [0.05, 0.1) is 38.5 Å². The van der Waals surface area contributed by atoms with Gasteiger partial charge >= 0.3 is 18.2 Å². The molecule has 0 aliphatic rings. The number of pyridine rings is 1. The number of benzene rings is 2. The molecule has 0 aliphatic heterocycles. The van der Waals surface area contributed by atoms with Gasteiger partial charge in [-0.2, -0.15) is 0 Å². The smallest absolute Gasteiger partial charge is 0.407 e. The molecule has 1 unspecified atom stereocenters. The van der Waals surface area contributed by atoms with E-state index < -0.39 is 65.5 Å². The average molecular weight is 734 g/mol. The van der Waals surface area contributed by atoms with E-state index in [1.165, 1.54) is 6.92 Å². The Kier molecular flexibility index (Phi) is 16.2. The summed E-state index contributed by atoms with van der Waals surface area (Å²) in [4.78, 5) is 68.3. The highest BCUT2D eigenvalue weighted by Crippen LogP contribution is 2.22. The van der Waals surface area contributed by atoms with Gasteiger partial charge in [-0.1, -0.05) is 81.4 Å². The summed E-state index contributed by atoms with van der Waals surface area (Å²) in [6.45, 7) is 6.69. The summed E-state index contributed by atoms with van der Waals surface area (Å²) >= 11 is 0. The number of aliphatic hydroxyl groups is 1. The monoisotopic (exact) mass is 733 g/mol. The maximum absolute atomic E-state index is 13.9. The van der Waals surface area contributed by atoms with Crippen molar-refractivity contribution in [2.24, 2.45) is 11.3 Å². The third-order valence-electron chi connectivity index (χ3n) is 8.48. The van der Waals surface area contributed by atoms with Crippen LogP contribution in [0, 0.1) is 11.3 Å². The highest BCUT2D eigenvalue weighted by atomic mass is 16.5. The number of esters is 1. The maximum Gasteiger partial charge on any atom is 0.407 e. The molecule has 0 spiro atoms. The topological polar surface area (TPSA) is 194 Å². The van der Waals surface area contributed by atoms with Crippen molar-refractivity contribution in [3.8, 4) is 11.3 Å². The van der Waals surface area contributed by atoms with Crippen molar-refractivity contribution >= 4 is 30.0 Å². The number of carbonyl (C=O) groups is 5. The molecule has 5 N–H and O–H groups in total. The second-order valence-electron chi connectivity index (χ2n) is 13.7. The fourth-order valence-corrected chi connectivity index (χ4v) is 5.51. The molecule has 0 radical (unpaired) electrons. The maximum atomic E-state index is 13.9. The molecule has 0 saturated carbocycles. The highest BCUT2D eigenvalue weighted by Gasteiger charge is 2.36. The largest absolute Gasteiger partial charge is 0.469 e. The van der Waals surface area contributed by atoms with Gasteiger partial charge in [0, 0.05) is 30.8 Å². The van der Waals surface area contributed by atoms with E-state index in [1.807, 2.05) is 93.6 Å². The van der Waals surface area contributed by atoms with Crippen LogP contribution in [0.5, 0.6) is 0 Å². The normalized spacial score (nSPS) is 13.9. The van der Waals surface area contributed by atoms with Crippen LogP contribution in [0.1, 0.15) is 45.2 Å². The van der Waals surface area contributed by atoms with Crippen LogP contribution < -0.4 is 21.3 Å². The first-order chi connectivity index (χ1) is 25.2. The third kappa shape index (κ3) is 13.9. The lowest BCUT2D eigenvalue weighted by molar-refractivity contribution is -0.148. The minimum atomic E-state index is -1.35. The van der Waals surface area contributed by atoms with E-state index in [1.54, 1.807) is 6.20 Å². The molecule has 0 fully saturated rings. The van der Waals surface area contributed by atoms with E-state index in [-0.39, 0.29) is 19.6 Å². The summed E-state index contributed by atoms with van der Waals surface area (Å²) in [5.41, 5.74) is 2.83. The number of ether oxygens (including phenoxy) is 3. The Morgan fingerprint density at radius 3 is 2.08 bits per heavy atom. The Bertz CT molecular complexity index is 1630. The van der Waals surface area contributed by atoms with Gasteiger partial charge in [0.2, 0.25) is 11.8 Å². The molecule has 3 rings (SSSR count). The molecule has 1 aromatic heterocycles. The molecular weight excluding hydrogens is 682 g/mol. The van der Waals surface area contributed by atoms with Gasteiger partial charge in [0.15, 0.2) is 0 Å². The van der Waals surface area contributed by atoms with E-state index in [2.05, 4.69) is 31.0 Å². The van der Waals surface area contributed by atoms with E-state index in [9.17, 15) is 29.1 Å². The lowest BCUT2D eigenvalue weighted by Crippen LogP contribution is -2.56.